The van der Waals surface area contributed by atoms with Crippen molar-refractivity contribution >= 4 is 5.91 Å². The van der Waals surface area contributed by atoms with Crippen LogP contribution in [0.4, 0.5) is 0 Å². The highest BCUT2D eigenvalue weighted by Crippen LogP contribution is 2.33. The highest BCUT2D eigenvalue weighted by molar-refractivity contribution is 5.93. The lowest BCUT2D eigenvalue weighted by Gasteiger charge is -2.29. The molecule has 0 saturated heterocycles. The maximum absolute atomic E-state index is 12.5. The van der Waals surface area contributed by atoms with E-state index in [2.05, 4.69) is 14.9 Å². The fourth-order valence-electron chi connectivity index (χ4n) is 2.63. The second-order valence-corrected chi connectivity index (χ2v) is 5.15. The fraction of sp³-hybridized carbons (Fsp3) is 0.400. The summed E-state index contributed by atoms with van der Waals surface area (Å²) in [5.74, 6) is 1.20. The maximum Gasteiger partial charge on any atom is 0.278 e. The number of ether oxygens (including phenoxy) is 2. The van der Waals surface area contributed by atoms with E-state index >= 15 is 0 Å². The van der Waals surface area contributed by atoms with Gasteiger partial charge in [0.05, 0.1) is 14.2 Å². The molecule has 22 heavy (non-hydrogen) atoms. The molecule has 1 amide bonds. The second-order valence-electron chi connectivity index (χ2n) is 5.15. The molecule has 7 nitrogen and oxygen atoms in total. The summed E-state index contributed by atoms with van der Waals surface area (Å²) in [6, 6.07) is 3.89. The van der Waals surface area contributed by atoms with Crippen molar-refractivity contribution in [1.82, 2.24) is 15.2 Å². The Morgan fingerprint density at radius 3 is 2.45 bits per heavy atom. The number of aryl methyl sites for hydroxylation is 1. The van der Waals surface area contributed by atoms with Crippen molar-refractivity contribution in [2.75, 3.05) is 20.8 Å². The lowest BCUT2D eigenvalue weighted by atomic mass is 9.98. The minimum Gasteiger partial charge on any atom is -0.493 e. The van der Waals surface area contributed by atoms with Gasteiger partial charge in [-0.3, -0.25) is 4.79 Å². The van der Waals surface area contributed by atoms with Crippen molar-refractivity contribution in [1.29, 1.82) is 0 Å². The highest BCUT2D eigenvalue weighted by atomic mass is 16.6. The number of fused-ring (bicyclic) bond motifs is 1. The third-order valence-electron chi connectivity index (χ3n) is 3.86. The Hall–Kier alpha value is -2.57. The molecule has 3 rings (SSSR count). The quantitative estimate of drug-likeness (QED) is 0.857. The zero-order valence-corrected chi connectivity index (χ0v) is 12.8. The Labute approximate surface area is 127 Å². The summed E-state index contributed by atoms with van der Waals surface area (Å²) < 4.78 is 15.2. The first-order valence-electron chi connectivity index (χ1n) is 6.96. The first-order valence-corrected chi connectivity index (χ1v) is 6.96. The van der Waals surface area contributed by atoms with Crippen LogP contribution >= 0.6 is 0 Å². The summed E-state index contributed by atoms with van der Waals surface area (Å²) in [7, 11) is 3.21. The van der Waals surface area contributed by atoms with Crippen molar-refractivity contribution < 1.29 is 18.9 Å². The normalized spacial score (nSPS) is 13.7. The zero-order valence-electron chi connectivity index (χ0n) is 12.8. The molecule has 0 fully saturated rings. The molecule has 0 saturated carbocycles. The van der Waals surface area contributed by atoms with Crippen LogP contribution in [0.2, 0.25) is 0 Å². The Morgan fingerprint density at radius 2 is 1.86 bits per heavy atom. The van der Waals surface area contributed by atoms with Crippen LogP contribution in [-0.4, -0.2) is 41.9 Å². The average Bonchev–Trinajstić information content (AvgIpc) is 2.98. The topological polar surface area (TPSA) is 77.7 Å². The largest absolute Gasteiger partial charge is 0.493 e. The summed E-state index contributed by atoms with van der Waals surface area (Å²) in [4.78, 5) is 14.2. The van der Waals surface area contributed by atoms with Gasteiger partial charge in [0.2, 0.25) is 0 Å². The summed E-state index contributed by atoms with van der Waals surface area (Å²) in [5, 5.41) is 7.34. The van der Waals surface area contributed by atoms with Crippen LogP contribution in [0.25, 0.3) is 0 Å². The van der Waals surface area contributed by atoms with Gasteiger partial charge in [-0.25, -0.2) is 4.63 Å². The van der Waals surface area contributed by atoms with Crippen molar-refractivity contribution in [2.24, 2.45) is 0 Å². The molecular formula is C15H17N3O4. The number of carbonyl (C=O) groups is 1. The van der Waals surface area contributed by atoms with Crippen molar-refractivity contribution in [3.8, 4) is 11.5 Å². The van der Waals surface area contributed by atoms with Gasteiger partial charge < -0.3 is 14.4 Å². The number of amides is 1. The van der Waals surface area contributed by atoms with Crippen molar-refractivity contribution in [3.05, 3.63) is 34.6 Å². The van der Waals surface area contributed by atoms with Crippen LogP contribution < -0.4 is 9.47 Å². The molecule has 2 aromatic rings. The van der Waals surface area contributed by atoms with Crippen LogP contribution in [0.15, 0.2) is 16.8 Å². The highest BCUT2D eigenvalue weighted by Gasteiger charge is 2.26. The minimum absolute atomic E-state index is 0.167. The van der Waals surface area contributed by atoms with Crippen LogP contribution in [0.3, 0.4) is 0 Å². The van der Waals surface area contributed by atoms with Gasteiger partial charge in [0.15, 0.2) is 17.2 Å². The Balaban J connectivity index is 1.87. The number of carbonyl (C=O) groups excluding carboxylic acids is 1. The van der Waals surface area contributed by atoms with Gasteiger partial charge >= 0.3 is 0 Å². The van der Waals surface area contributed by atoms with E-state index < -0.39 is 0 Å². The van der Waals surface area contributed by atoms with Gasteiger partial charge in [-0.05, 0) is 41.8 Å². The van der Waals surface area contributed by atoms with Gasteiger partial charge in [-0.15, -0.1) is 0 Å². The molecule has 0 aliphatic carbocycles. The van der Waals surface area contributed by atoms with E-state index in [1.165, 1.54) is 0 Å². The van der Waals surface area contributed by atoms with E-state index in [4.69, 9.17) is 9.47 Å². The number of aromatic nitrogens is 2. The SMILES string of the molecule is COc1cc2c(cc1OC)CN(C(=O)c1nonc1C)CC2. The molecule has 0 spiro atoms. The van der Waals surface area contributed by atoms with E-state index in [9.17, 15) is 4.79 Å². The van der Waals surface area contributed by atoms with Crippen molar-refractivity contribution in [2.45, 2.75) is 19.9 Å². The molecule has 0 radical (unpaired) electrons. The third-order valence-corrected chi connectivity index (χ3v) is 3.86. The van der Waals surface area contributed by atoms with Gasteiger partial charge in [0.1, 0.15) is 5.69 Å². The van der Waals surface area contributed by atoms with E-state index in [1.54, 1.807) is 26.0 Å². The maximum atomic E-state index is 12.5. The standard InChI is InChI=1S/C15H17N3O4/c1-9-14(17-22-16-9)15(19)18-5-4-10-6-12(20-2)13(21-3)7-11(10)8-18/h6-7H,4-5,8H2,1-3H3. The van der Waals surface area contributed by atoms with E-state index in [0.29, 0.717) is 30.3 Å². The molecule has 7 heteroatoms. The lowest BCUT2D eigenvalue weighted by Crippen LogP contribution is -2.36. The predicted octanol–water partition coefficient (Wildman–Crippen LogP) is 1.59. The van der Waals surface area contributed by atoms with E-state index in [-0.39, 0.29) is 11.6 Å². The molecular weight excluding hydrogens is 286 g/mol. The first kappa shape index (κ1) is 14.4. The molecule has 0 bridgehead atoms. The summed E-state index contributed by atoms with van der Waals surface area (Å²) in [6.07, 6.45) is 0.756. The number of hydrogen-bond acceptors (Lipinski definition) is 6. The predicted molar refractivity (Wildman–Crippen MR) is 77.0 cm³/mol. The minimum atomic E-state index is -0.167. The van der Waals surface area contributed by atoms with E-state index in [0.717, 1.165) is 17.5 Å². The van der Waals surface area contributed by atoms with Crippen molar-refractivity contribution in [3.63, 3.8) is 0 Å². The number of rotatable bonds is 3. The number of benzene rings is 1. The molecule has 1 aromatic carbocycles. The fourth-order valence-corrected chi connectivity index (χ4v) is 2.63. The Kier molecular flexibility index (Phi) is 3.70. The Bertz CT molecular complexity index is 711. The number of nitrogens with zero attached hydrogens (tertiary/aromatic N) is 3. The zero-order chi connectivity index (χ0) is 15.7. The summed E-state index contributed by atoms with van der Waals surface area (Å²) in [6.45, 7) is 2.82. The first-order chi connectivity index (χ1) is 10.6. The molecule has 1 aliphatic rings. The van der Waals surface area contributed by atoms with Crippen LogP contribution in [0, 0.1) is 6.92 Å². The third kappa shape index (κ3) is 2.38. The molecule has 1 aromatic heterocycles. The van der Waals surface area contributed by atoms with Gasteiger partial charge in [-0.2, -0.15) is 0 Å². The second kappa shape index (κ2) is 5.67. The van der Waals surface area contributed by atoms with E-state index in [1.807, 2.05) is 12.1 Å². The van der Waals surface area contributed by atoms with Crippen LogP contribution in [0.5, 0.6) is 11.5 Å². The molecule has 0 atom stereocenters. The molecule has 0 N–H and O–H groups in total. The number of hydrogen-bond donors (Lipinski definition) is 0. The molecule has 1 aliphatic heterocycles. The summed E-state index contributed by atoms with van der Waals surface area (Å²) >= 11 is 0. The Morgan fingerprint density at radius 1 is 1.18 bits per heavy atom. The van der Waals surface area contributed by atoms with Crippen LogP contribution in [-0.2, 0) is 13.0 Å². The number of methoxy groups -OCH3 is 2. The summed E-state index contributed by atoms with van der Waals surface area (Å²) in [5.41, 5.74) is 2.98. The average molecular weight is 303 g/mol. The van der Waals surface area contributed by atoms with Gasteiger partial charge in [0, 0.05) is 13.1 Å². The lowest BCUT2D eigenvalue weighted by molar-refractivity contribution is 0.0722. The van der Waals surface area contributed by atoms with Gasteiger partial charge in [-0.1, -0.05) is 5.16 Å². The molecule has 2 heterocycles. The van der Waals surface area contributed by atoms with Gasteiger partial charge in [0.25, 0.3) is 5.91 Å². The molecule has 116 valence electrons. The smallest absolute Gasteiger partial charge is 0.278 e. The molecule has 0 unspecified atom stereocenters. The monoisotopic (exact) mass is 303 g/mol. The van der Waals surface area contributed by atoms with Crippen LogP contribution in [0.1, 0.15) is 27.3 Å².